The molecule has 0 atom stereocenters. The van der Waals surface area contributed by atoms with E-state index in [0.29, 0.717) is 38.5 Å². The van der Waals surface area contributed by atoms with Crippen LogP contribution in [0.4, 0.5) is 5.69 Å². The van der Waals surface area contributed by atoms with E-state index in [1.807, 2.05) is 0 Å². The maximum absolute atomic E-state index is 6.01. The van der Waals surface area contributed by atoms with Gasteiger partial charge in [-0.1, -0.05) is 23.2 Å². The molecular weight excluding hydrogens is 341 g/mol. The second kappa shape index (κ2) is 7.89. The number of rotatable bonds is 6. The monoisotopic (exact) mass is 355 g/mol. The number of hydrazone groups is 1. The first-order chi connectivity index (χ1) is 11.1. The average molecular weight is 356 g/mol. The van der Waals surface area contributed by atoms with Crippen molar-refractivity contribution >= 4 is 35.1 Å². The molecule has 0 radical (unpaired) electrons. The van der Waals surface area contributed by atoms with E-state index in [1.54, 1.807) is 32.6 Å². The fraction of sp³-hybridized carbons (Fsp3) is 0.200. The molecule has 2 aromatic rings. The van der Waals surface area contributed by atoms with Crippen molar-refractivity contribution in [3.8, 4) is 17.2 Å². The minimum absolute atomic E-state index is 0.369. The summed E-state index contributed by atoms with van der Waals surface area (Å²) in [5.74, 6) is 1.55. The lowest BCUT2D eigenvalue weighted by molar-refractivity contribution is 0.324. The molecule has 0 fully saturated rings. The van der Waals surface area contributed by atoms with Gasteiger partial charge in [-0.25, -0.2) is 0 Å². The number of nitrogens with zero attached hydrogens (tertiary/aromatic N) is 2. The van der Waals surface area contributed by atoms with E-state index in [2.05, 4.69) is 15.5 Å². The number of pyridine rings is 1. The highest BCUT2D eigenvalue weighted by Gasteiger charge is 2.14. The van der Waals surface area contributed by atoms with E-state index >= 15 is 0 Å². The number of hydrogen-bond acceptors (Lipinski definition) is 6. The number of nitrogens with one attached hydrogen (secondary N) is 1. The predicted octanol–water partition coefficient (Wildman–Crippen LogP) is 3.86. The molecule has 1 aromatic carbocycles. The molecule has 8 heteroatoms. The standard InChI is InChI=1S/C15H15Cl2N3O3/c1-21-12-5-4-9(14(22-2)15(12)23-3)6-19-20-13-10(16)7-18-8-11(13)17/h4-8H,1-3H3,(H,18,20)/b19-6+. The highest BCUT2D eigenvalue weighted by molar-refractivity contribution is 6.38. The lowest BCUT2D eigenvalue weighted by Gasteiger charge is -2.13. The summed E-state index contributed by atoms with van der Waals surface area (Å²) in [6.45, 7) is 0. The second-order valence-corrected chi connectivity index (χ2v) is 5.09. The largest absolute Gasteiger partial charge is 0.493 e. The van der Waals surface area contributed by atoms with E-state index in [1.165, 1.54) is 19.5 Å². The number of hydrogen-bond donors (Lipinski definition) is 1. The number of halogens is 2. The van der Waals surface area contributed by atoms with E-state index in [0.717, 1.165) is 0 Å². The van der Waals surface area contributed by atoms with Gasteiger partial charge in [0.05, 0.1) is 43.3 Å². The van der Waals surface area contributed by atoms with Crippen molar-refractivity contribution in [2.45, 2.75) is 0 Å². The van der Waals surface area contributed by atoms with Crippen LogP contribution in [0.5, 0.6) is 17.2 Å². The molecule has 122 valence electrons. The van der Waals surface area contributed by atoms with Crippen LogP contribution in [0.25, 0.3) is 0 Å². The number of anilines is 1. The van der Waals surface area contributed by atoms with Crippen molar-refractivity contribution in [2.24, 2.45) is 5.10 Å². The molecule has 1 aromatic heterocycles. The van der Waals surface area contributed by atoms with Crippen molar-refractivity contribution < 1.29 is 14.2 Å². The molecule has 0 aliphatic carbocycles. The minimum atomic E-state index is 0.369. The topological polar surface area (TPSA) is 65.0 Å². The third-order valence-electron chi connectivity index (χ3n) is 2.97. The van der Waals surface area contributed by atoms with Gasteiger partial charge < -0.3 is 14.2 Å². The number of benzene rings is 1. The zero-order chi connectivity index (χ0) is 16.8. The molecule has 0 spiro atoms. The Kier molecular flexibility index (Phi) is 5.90. The Morgan fingerprint density at radius 2 is 1.65 bits per heavy atom. The van der Waals surface area contributed by atoms with Crippen LogP contribution in [0, 0.1) is 0 Å². The summed E-state index contributed by atoms with van der Waals surface area (Å²) < 4.78 is 15.9. The SMILES string of the molecule is COc1ccc(/C=N/Nc2c(Cl)cncc2Cl)c(OC)c1OC. The van der Waals surface area contributed by atoms with Gasteiger partial charge in [-0.3, -0.25) is 10.4 Å². The van der Waals surface area contributed by atoms with Crippen LogP contribution in [0.3, 0.4) is 0 Å². The Labute approximate surface area is 144 Å². The van der Waals surface area contributed by atoms with Gasteiger partial charge in [-0.05, 0) is 12.1 Å². The smallest absolute Gasteiger partial charge is 0.203 e. The first-order valence-electron chi connectivity index (χ1n) is 6.49. The highest BCUT2D eigenvalue weighted by Crippen LogP contribution is 2.39. The fourth-order valence-electron chi connectivity index (χ4n) is 1.91. The first kappa shape index (κ1) is 17.2. The molecule has 23 heavy (non-hydrogen) atoms. The summed E-state index contributed by atoms with van der Waals surface area (Å²) in [7, 11) is 4.63. The van der Waals surface area contributed by atoms with Gasteiger partial charge in [-0.2, -0.15) is 5.10 Å². The van der Waals surface area contributed by atoms with E-state index < -0.39 is 0 Å². The van der Waals surface area contributed by atoms with Gasteiger partial charge in [0, 0.05) is 18.0 Å². The molecule has 0 aliphatic rings. The van der Waals surface area contributed by atoms with Gasteiger partial charge in [0.25, 0.3) is 0 Å². The van der Waals surface area contributed by atoms with Crippen molar-refractivity contribution in [3.63, 3.8) is 0 Å². The summed E-state index contributed by atoms with van der Waals surface area (Å²) in [5.41, 5.74) is 3.95. The van der Waals surface area contributed by atoms with E-state index in [-0.39, 0.29) is 0 Å². The third kappa shape index (κ3) is 3.78. The molecule has 0 saturated carbocycles. The molecule has 1 heterocycles. The van der Waals surface area contributed by atoms with E-state index in [4.69, 9.17) is 37.4 Å². The summed E-state index contributed by atoms with van der Waals surface area (Å²) in [6.07, 6.45) is 4.51. The van der Waals surface area contributed by atoms with Crippen LogP contribution >= 0.6 is 23.2 Å². The van der Waals surface area contributed by atoms with Gasteiger partial charge in [0.1, 0.15) is 0 Å². The first-order valence-corrected chi connectivity index (χ1v) is 7.25. The van der Waals surface area contributed by atoms with Crippen molar-refractivity contribution in [1.29, 1.82) is 0 Å². The van der Waals surface area contributed by atoms with Crippen LogP contribution in [0.15, 0.2) is 29.6 Å². The Balaban J connectivity index is 2.29. The molecule has 0 saturated heterocycles. The van der Waals surface area contributed by atoms with Crippen LogP contribution < -0.4 is 19.6 Å². The van der Waals surface area contributed by atoms with Gasteiger partial charge >= 0.3 is 0 Å². The zero-order valence-corrected chi connectivity index (χ0v) is 14.3. The summed E-state index contributed by atoms with van der Waals surface area (Å²) in [5, 5.41) is 4.86. The second-order valence-electron chi connectivity index (χ2n) is 4.27. The minimum Gasteiger partial charge on any atom is -0.493 e. The van der Waals surface area contributed by atoms with Gasteiger partial charge in [-0.15, -0.1) is 0 Å². The Morgan fingerprint density at radius 3 is 2.22 bits per heavy atom. The van der Waals surface area contributed by atoms with Crippen molar-refractivity contribution in [2.75, 3.05) is 26.8 Å². The highest BCUT2D eigenvalue weighted by atomic mass is 35.5. The number of aromatic nitrogens is 1. The lowest BCUT2D eigenvalue weighted by Crippen LogP contribution is -1.99. The Morgan fingerprint density at radius 1 is 1.00 bits per heavy atom. The Hall–Kier alpha value is -2.18. The quantitative estimate of drug-likeness (QED) is 0.629. The van der Waals surface area contributed by atoms with Crippen LogP contribution in [-0.4, -0.2) is 32.5 Å². The summed E-state index contributed by atoms with van der Waals surface area (Å²) in [4.78, 5) is 3.87. The molecule has 0 aliphatic heterocycles. The molecule has 0 bridgehead atoms. The maximum Gasteiger partial charge on any atom is 0.203 e. The average Bonchev–Trinajstić information content (AvgIpc) is 2.56. The lowest BCUT2D eigenvalue weighted by atomic mass is 10.2. The van der Waals surface area contributed by atoms with Crippen molar-refractivity contribution in [1.82, 2.24) is 4.98 Å². The van der Waals surface area contributed by atoms with Crippen LogP contribution in [0.2, 0.25) is 10.0 Å². The summed E-state index contributed by atoms with van der Waals surface area (Å²) in [6, 6.07) is 3.55. The number of ether oxygens (including phenoxy) is 3. The molecule has 1 N–H and O–H groups in total. The molecule has 2 rings (SSSR count). The van der Waals surface area contributed by atoms with Crippen LogP contribution in [-0.2, 0) is 0 Å². The number of methoxy groups -OCH3 is 3. The molecule has 6 nitrogen and oxygen atoms in total. The molecule has 0 amide bonds. The predicted molar refractivity (Wildman–Crippen MR) is 91.6 cm³/mol. The third-order valence-corrected chi connectivity index (χ3v) is 3.54. The maximum atomic E-state index is 6.01. The Bertz CT molecular complexity index is 703. The van der Waals surface area contributed by atoms with Crippen LogP contribution in [0.1, 0.15) is 5.56 Å². The van der Waals surface area contributed by atoms with Gasteiger partial charge in [0.15, 0.2) is 11.5 Å². The van der Waals surface area contributed by atoms with E-state index in [9.17, 15) is 0 Å². The van der Waals surface area contributed by atoms with Gasteiger partial charge in [0.2, 0.25) is 5.75 Å². The summed E-state index contributed by atoms with van der Waals surface area (Å²) >= 11 is 12.0. The molecule has 0 unspecified atom stereocenters. The fourth-order valence-corrected chi connectivity index (χ4v) is 2.36. The normalized spacial score (nSPS) is 10.7. The zero-order valence-electron chi connectivity index (χ0n) is 12.8. The molecular formula is C15H15Cl2N3O3. The van der Waals surface area contributed by atoms with Crippen molar-refractivity contribution in [3.05, 3.63) is 40.1 Å².